The third kappa shape index (κ3) is 7.30. The molecule has 3 aromatic carbocycles. The number of rotatable bonds is 10. The van der Waals surface area contributed by atoms with Crippen LogP contribution in [0.5, 0.6) is 11.5 Å². The van der Waals surface area contributed by atoms with Gasteiger partial charge in [0, 0.05) is 6.54 Å². The van der Waals surface area contributed by atoms with Crippen molar-refractivity contribution in [3.8, 4) is 11.5 Å². The molecule has 0 fully saturated rings. The molecule has 0 radical (unpaired) electrons. The highest BCUT2D eigenvalue weighted by Gasteiger charge is 2.05. The van der Waals surface area contributed by atoms with Crippen molar-refractivity contribution in [1.29, 1.82) is 0 Å². The van der Waals surface area contributed by atoms with Gasteiger partial charge in [0.05, 0.1) is 0 Å². The van der Waals surface area contributed by atoms with Gasteiger partial charge in [-0.05, 0) is 85.5 Å². The van der Waals surface area contributed by atoms with Crippen molar-refractivity contribution in [2.75, 3.05) is 27.2 Å². The normalized spacial score (nSPS) is 11.7. The quantitative estimate of drug-likeness (QED) is 0.457. The molecule has 0 unspecified atom stereocenters. The van der Waals surface area contributed by atoms with E-state index in [1.54, 1.807) is 12.1 Å². The Morgan fingerprint density at radius 3 is 2.06 bits per heavy atom. The molecule has 0 saturated carbocycles. The van der Waals surface area contributed by atoms with Crippen LogP contribution in [0.3, 0.4) is 0 Å². The molecule has 3 rings (SSSR count). The number of phenolic OH excluding ortho intramolecular Hbond substituents is 1. The van der Waals surface area contributed by atoms with Crippen molar-refractivity contribution in [2.24, 2.45) is 0 Å². The molecule has 3 heteroatoms. The Labute approximate surface area is 186 Å². The molecule has 31 heavy (non-hydrogen) atoms. The summed E-state index contributed by atoms with van der Waals surface area (Å²) in [6.45, 7) is 3.77. The second-order valence-corrected chi connectivity index (χ2v) is 8.12. The number of aromatic hydroxyl groups is 1. The van der Waals surface area contributed by atoms with Gasteiger partial charge >= 0.3 is 0 Å². The number of benzene rings is 3. The minimum absolute atomic E-state index is 0.300. The summed E-state index contributed by atoms with van der Waals surface area (Å²) in [5.41, 5.74) is 6.33. The van der Waals surface area contributed by atoms with Gasteiger partial charge in [-0.15, -0.1) is 0 Å². The van der Waals surface area contributed by atoms with Gasteiger partial charge in [0.2, 0.25) is 0 Å². The first-order valence-corrected chi connectivity index (χ1v) is 11.0. The second kappa shape index (κ2) is 11.4. The highest BCUT2D eigenvalue weighted by Crippen LogP contribution is 2.23. The molecule has 0 aromatic heterocycles. The van der Waals surface area contributed by atoms with E-state index in [2.05, 4.69) is 66.4 Å². The van der Waals surface area contributed by atoms with Crippen molar-refractivity contribution in [1.82, 2.24) is 4.90 Å². The summed E-state index contributed by atoms with van der Waals surface area (Å²) in [6.07, 6.45) is 5.05. The molecular weight excluding hydrogens is 382 g/mol. The van der Waals surface area contributed by atoms with Crippen LogP contribution < -0.4 is 4.74 Å². The van der Waals surface area contributed by atoms with E-state index in [1.807, 2.05) is 26.2 Å². The predicted molar refractivity (Wildman–Crippen MR) is 130 cm³/mol. The zero-order valence-electron chi connectivity index (χ0n) is 18.8. The van der Waals surface area contributed by atoms with E-state index in [9.17, 15) is 5.11 Å². The van der Waals surface area contributed by atoms with Gasteiger partial charge in [-0.2, -0.15) is 0 Å². The fourth-order valence-corrected chi connectivity index (χ4v) is 3.39. The maximum Gasteiger partial charge on any atom is 0.119 e. The largest absolute Gasteiger partial charge is 0.508 e. The van der Waals surface area contributed by atoms with Crippen molar-refractivity contribution in [3.05, 3.63) is 101 Å². The standard InChI is InChI=1S/C28H33NO2/c1-4-22-5-12-25(13-6-22)26(21-24-8-15-27(30)16-9-24)14-7-23-10-17-28(18-11-23)31-20-19-29(2)3/h5-6,8-18,30H,4,7,19-21H2,1-3H3. The minimum Gasteiger partial charge on any atom is -0.508 e. The number of ether oxygens (including phenoxy) is 1. The van der Waals surface area contributed by atoms with Crippen molar-refractivity contribution < 1.29 is 9.84 Å². The van der Waals surface area contributed by atoms with Crippen LogP contribution in [0.15, 0.2) is 78.9 Å². The lowest BCUT2D eigenvalue weighted by Gasteiger charge is -2.12. The van der Waals surface area contributed by atoms with Crippen LogP contribution in [-0.4, -0.2) is 37.3 Å². The number of nitrogens with zero attached hydrogens (tertiary/aromatic N) is 1. The van der Waals surface area contributed by atoms with E-state index in [0.717, 1.165) is 31.6 Å². The summed E-state index contributed by atoms with van der Waals surface area (Å²) < 4.78 is 5.80. The molecule has 1 N–H and O–H groups in total. The minimum atomic E-state index is 0.300. The molecule has 0 amide bonds. The maximum absolute atomic E-state index is 9.59. The van der Waals surface area contributed by atoms with Gasteiger partial charge in [0.25, 0.3) is 0 Å². The number of aryl methyl sites for hydroxylation is 1. The molecule has 3 aromatic rings. The smallest absolute Gasteiger partial charge is 0.119 e. The highest BCUT2D eigenvalue weighted by atomic mass is 16.5. The highest BCUT2D eigenvalue weighted by molar-refractivity contribution is 5.68. The van der Waals surface area contributed by atoms with Gasteiger partial charge < -0.3 is 14.7 Å². The van der Waals surface area contributed by atoms with E-state index >= 15 is 0 Å². The fraction of sp³-hybridized carbons (Fsp3) is 0.286. The molecule has 0 atom stereocenters. The average molecular weight is 416 g/mol. The lowest BCUT2D eigenvalue weighted by molar-refractivity contribution is 0.261. The van der Waals surface area contributed by atoms with Crippen LogP contribution in [-0.2, 0) is 19.3 Å². The van der Waals surface area contributed by atoms with Crippen LogP contribution in [0, 0.1) is 0 Å². The molecule has 0 aliphatic heterocycles. The Morgan fingerprint density at radius 2 is 1.45 bits per heavy atom. The van der Waals surface area contributed by atoms with Crippen LogP contribution in [0.2, 0.25) is 0 Å². The van der Waals surface area contributed by atoms with Crippen LogP contribution in [0.25, 0.3) is 5.57 Å². The van der Waals surface area contributed by atoms with E-state index in [0.29, 0.717) is 12.4 Å². The van der Waals surface area contributed by atoms with Gasteiger partial charge in [-0.3, -0.25) is 0 Å². The van der Waals surface area contributed by atoms with Crippen LogP contribution in [0.4, 0.5) is 0 Å². The lowest BCUT2D eigenvalue weighted by atomic mass is 9.95. The number of hydrogen-bond acceptors (Lipinski definition) is 3. The molecular formula is C28H33NO2. The van der Waals surface area contributed by atoms with Crippen LogP contribution >= 0.6 is 0 Å². The zero-order valence-corrected chi connectivity index (χ0v) is 18.8. The maximum atomic E-state index is 9.59. The Morgan fingerprint density at radius 1 is 0.839 bits per heavy atom. The van der Waals surface area contributed by atoms with Gasteiger partial charge in [0.1, 0.15) is 18.1 Å². The van der Waals surface area contributed by atoms with E-state index in [4.69, 9.17) is 4.74 Å². The van der Waals surface area contributed by atoms with E-state index in [-0.39, 0.29) is 0 Å². The first-order chi connectivity index (χ1) is 15.0. The molecule has 0 aliphatic rings. The van der Waals surface area contributed by atoms with E-state index in [1.165, 1.54) is 27.8 Å². The number of allylic oxidation sites excluding steroid dienone is 2. The van der Waals surface area contributed by atoms with Crippen molar-refractivity contribution in [2.45, 2.75) is 26.2 Å². The first-order valence-electron chi connectivity index (χ1n) is 11.0. The number of phenols is 1. The van der Waals surface area contributed by atoms with Crippen molar-refractivity contribution in [3.63, 3.8) is 0 Å². The Hall–Kier alpha value is -3.04. The Balaban J connectivity index is 1.73. The van der Waals surface area contributed by atoms with Gasteiger partial charge in [0.15, 0.2) is 0 Å². The molecule has 0 aliphatic carbocycles. The van der Waals surface area contributed by atoms with Gasteiger partial charge in [-0.25, -0.2) is 0 Å². The summed E-state index contributed by atoms with van der Waals surface area (Å²) in [6, 6.07) is 24.7. The second-order valence-electron chi connectivity index (χ2n) is 8.12. The summed E-state index contributed by atoms with van der Waals surface area (Å²) >= 11 is 0. The third-order valence-corrected chi connectivity index (χ3v) is 5.38. The Bertz CT molecular complexity index is 955. The third-order valence-electron chi connectivity index (χ3n) is 5.38. The summed E-state index contributed by atoms with van der Waals surface area (Å²) in [4.78, 5) is 2.11. The Kier molecular flexibility index (Phi) is 8.31. The molecule has 0 bridgehead atoms. The molecule has 0 spiro atoms. The summed E-state index contributed by atoms with van der Waals surface area (Å²) in [5, 5.41) is 9.59. The lowest BCUT2D eigenvalue weighted by Crippen LogP contribution is -2.19. The number of hydrogen-bond donors (Lipinski definition) is 1. The van der Waals surface area contributed by atoms with Crippen LogP contribution in [0.1, 0.15) is 29.2 Å². The molecule has 0 heterocycles. The summed E-state index contributed by atoms with van der Waals surface area (Å²) in [7, 11) is 4.09. The predicted octanol–water partition coefficient (Wildman–Crippen LogP) is 5.76. The topological polar surface area (TPSA) is 32.7 Å². The SMILES string of the molecule is CCc1ccc(C(=CCc2ccc(OCCN(C)C)cc2)Cc2ccc(O)cc2)cc1. The fourth-order valence-electron chi connectivity index (χ4n) is 3.39. The monoisotopic (exact) mass is 415 g/mol. The summed E-state index contributed by atoms with van der Waals surface area (Å²) in [5.74, 6) is 1.21. The first kappa shape index (κ1) is 22.6. The average Bonchev–Trinajstić information content (AvgIpc) is 2.79. The molecule has 3 nitrogen and oxygen atoms in total. The molecule has 0 saturated heterocycles. The van der Waals surface area contributed by atoms with Gasteiger partial charge in [-0.1, -0.05) is 61.5 Å². The van der Waals surface area contributed by atoms with Crippen molar-refractivity contribution >= 4 is 5.57 Å². The zero-order chi connectivity index (χ0) is 22.1. The number of likely N-dealkylation sites (N-methyl/N-ethyl adjacent to an activating group) is 1. The van der Waals surface area contributed by atoms with E-state index < -0.39 is 0 Å². The molecule has 162 valence electrons.